The van der Waals surface area contributed by atoms with Gasteiger partial charge in [-0.15, -0.1) is 0 Å². The summed E-state index contributed by atoms with van der Waals surface area (Å²) in [7, 11) is 2.88. The molecule has 3 fully saturated rings. The van der Waals surface area contributed by atoms with Crippen molar-refractivity contribution in [3.05, 3.63) is 35.1 Å². The minimum atomic E-state index is -1.68. The number of rotatable bonds is 7. The number of hydrogen-bond donors (Lipinski definition) is 3. The van der Waals surface area contributed by atoms with Crippen molar-refractivity contribution in [1.29, 1.82) is 0 Å². The van der Waals surface area contributed by atoms with Gasteiger partial charge in [0.05, 0.1) is 5.54 Å². The van der Waals surface area contributed by atoms with Gasteiger partial charge in [0.25, 0.3) is 17.6 Å². The molecule has 0 aromatic heterocycles. The second-order valence-corrected chi connectivity index (χ2v) is 11.4. The molecule has 2 saturated heterocycles. The van der Waals surface area contributed by atoms with Crippen LogP contribution in [0.15, 0.2) is 23.2 Å². The number of carbonyl (C=O) groups excluding carboxylic acids is 6. The molecular weight excluding hydrogens is 535 g/mol. The number of halogens is 1. The number of amides is 5. The average molecular weight is 571 g/mol. The molecule has 4 aliphatic rings. The van der Waals surface area contributed by atoms with Gasteiger partial charge in [0.2, 0.25) is 5.91 Å². The van der Waals surface area contributed by atoms with E-state index in [2.05, 4.69) is 20.9 Å². The zero-order valence-corrected chi connectivity index (χ0v) is 23.6. The first-order valence-corrected chi connectivity index (χ1v) is 13.5. The van der Waals surface area contributed by atoms with Crippen molar-refractivity contribution in [2.24, 2.45) is 10.4 Å². The number of benzene rings is 1. The monoisotopic (exact) mass is 570 g/mol. The van der Waals surface area contributed by atoms with Crippen LogP contribution in [0.25, 0.3) is 0 Å². The number of ketones is 1. The van der Waals surface area contributed by atoms with Crippen molar-refractivity contribution in [3.8, 4) is 0 Å². The van der Waals surface area contributed by atoms with E-state index >= 15 is 0 Å². The van der Waals surface area contributed by atoms with Gasteiger partial charge < -0.3 is 20.9 Å². The highest BCUT2D eigenvalue weighted by molar-refractivity contribution is 6.46. The average Bonchev–Trinajstić information content (AvgIpc) is 3.13. The van der Waals surface area contributed by atoms with Crippen molar-refractivity contribution in [1.82, 2.24) is 25.8 Å². The third-order valence-corrected chi connectivity index (χ3v) is 8.22. The van der Waals surface area contributed by atoms with Gasteiger partial charge in [0.1, 0.15) is 11.7 Å². The minimum absolute atomic E-state index is 0.0159. The first-order valence-electron chi connectivity index (χ1n) is 13.5. The molecule has 41 heavy (non-hydrogen) atoms. The summed E-state index contributed by atoms with van der Waals surface area (Å²) in [5.41, 5.74) is -0.727. The van der Waals surface area contributed by atoms with E-state index in [1.54, 1.807) is 13.0 Å². The predicted octanol–water partition coefficient (Wildman–Crippen LogP) is -0.0279. The lowest BCUT2D eigenvalue weighted by Gasteiger charge is -2.42. The maximum absolute atomic E-state index is 13.6. The number of aryl methyl sites for hydroxylation is 1. The van der Waals surface area contributed by atoms with Gasteiger partial charge >= 0.3 is 11.8 Å². The van der Waals surface area contributed by atoms with Gasteiger partial charge in [-0.2, -0.15) is 0 Å². The van der Waals surface area contributed by atoms with Crippen molar-refractivity contribution in [2.45, 2.75) is 64.1 Å². The molecule has 3 N–H and O–H groups in total. The van der Waals surface area contributed by atoms with Gasteiger partial charge in [0, 0.05) is 40.7 Å². The van der Waals surface area contributed by atoms with E-state index in [4.69, 9.17) is 0 Å². The summed E-state index contributed by atoms with van der Waals surface area (Å²) in [4.78, 5) is 83.6. The number of hydrogen-bond acceptors (Lipinski definition) is 7. The maximum Gasteiger partial charge on any atom is 0.311 e. The van der Waals surface area contributed by atoms with E-state index in [0.717, 1.165) is 4.90 Å². The van der Waals surface area contributed by atoms with Gasteiger partial charge in [-0.3, -0.25) is 33.7 Å². The Morgan fingerprint density at radius 1 is 1.10 bits per heavy atom. The van der Waals surface area contributed by atoms with E-state index in [9.17, 15) is 33.2 Å². The summed E-state index contributed by atoms with van der Waals surface area (Å²) in [5.74, 6) is -4.91. The lowest BCUT2D eigenvalue weighted by atomic mass is 9.67. The summed E-state index contributed by atoms with van der Waals surface area (Å²) in [6.45, 7) is 3.47. The number of likely N-dealkylation sites (N-methyl/N-ethyl adjacent to an activating group) is 1. The normalized spacial score (nSPS) is 25.0. The van der Waals surface area contributed by atoms with Crippen LogP contribution in [0.4, 0.5) is 4.39 Å². The molecule has 0 radical (unpaired) electrons. The highest BCUT2D eigenvalue weighted by Gasteiger charge is 2.57. The molecule has 5 rings (SSSR count). The molecule has 5 amide bonds. The van der Waals surface area contributed by atoms with Crippen molar-refractivity contribution >= 4 is 41.2 Å². The summed E-state index contributed by atoms with van der Waals surface area (Å²) in [6, 6.07) is 2.66. The summed E-state index contributed by atoms with van der Waals surface area (Å²) in [6.07, 6.45) is 2.22. The number of amidine groups is 1. The van der Waals surface area contributed by atoms with E-state index in [-0.39, 0.29) is 24.8 Å². The van der Waals surface area contributed by atoms with Crippen LogP contribution < -0.4 is 16.0 Å². The van der Waals surface area contributed by atoms with Crippen LogP contribution in [0.5, 0.6) is 0 Å². The largest absolute Gasteiger partial charge is 0.356 e. The molecule has 3 heterocycles. The van der Waals surface area contributed by atoms with Crippen LogP contribution in [0.1, 0.15) is 50.2 Å². The molecule has 1 aliphatic carbocycles. The number of nitrogens with one attached hydrogen (secondary N) is 3. The SMILES string of the molecule is CC(=O)NCCC12CCC(NC(=O)C(=O)N(C)C)(CC1)C1=NC(C(=O)NCc3ccc(F)c(C)c3)C(=O)C(=O)N1C2. The molecule has 1 atom stereocenters. The first kappa shape index (κ1) is 29.8. The molecule has 13 heteroatoms. The quantitative estimate of drug-likeness (QED) is 0.309. The molecule has 3 aliphatic heterocycles. The molecule has 1 unspecified atom stereocenters. The van der Waals surface area contributed by atoms with Crippen molar-refractivity contribution in [3.63, 3.8) is 0 Å². The molecular formula is C28H35FN6O6. The second kappa shape index (κ2) is 11.4. The Bertz CT molecular complexity index is 1330. The summed E-state index contributed by atoms with van der Waals surface area (Å²) >= 11 is 0. The fraction of sp³-hybridized carbons (Fsp3) is 0.536. The van der Waals surface area contributed by atoms with Gasteiger partial charge in [-0.05, 0) is 61.6 Å². The lowest BCUT2D eigenvalue weighted by molar-refractivity contribution is -0.146. The standard InChI is InChI=1S/C28H35FN6O6/c1-16-13-18(5-6-19(16)29)14-31-22(38)20-21(37)24(40)35-15-27(11-12-30-17(2)36)7-9-28(10-8-27,26(35)32-20)33-23(39)25(41)34(3)4/h5-6,13,20H,7-12,14-15H2,1-4H3,(H,30,36)(H,31,38)(H,33,39). The van der Waals surface area contributed by atoms with Crippen molar-refractivity contribution in [2.75, 3.05) is 27.2 Å². The Hall–Kier alpha value is -4.16. The maximum atomic E-state index is 13.6. The lowest BCUT2D eigenvalue weighted by Crippen LogP contribution is -2.65. The molecule has 1 aromatic rings. The van der Waals surface area contributed by atoms with E-state index < -0.39 is 52.2 Å². The fourth-order valence-electron chi connectivity index (χ4n) is 5.82. The van der Waals surface area contributed by atoms with Crippen molar-refractivity contribution < 1.29 is 33.2 Å². The summed E-state index contributed by atoms with van der Waals surface area (Å²) in [5, 5.41) is 8.17. The van der Waals surface area contributed by atoms with Crippen LogP contribution in [0.3, 0.4) is 0 Å². The molecule has 0 spiro atoms. The highest BCUT2D eigenvalue weighted by Crippen LogP contribution is 2.49. The van der Waals surface area contributed by atoms with E-state index in [1.165, 1.54) is 38.1 Å². The van der Waals surface area contributed by atoms with E-state index in [0.29, 0.717) is 49.8 Å². The summed E-state index contributed by atoms with van der Waals surface area (Å²) < 4.78 is 13.6. The topological polar surface area (TPSA) is 157 Å². The molecule has 2 bridgehead atoms. The number of nitrogens with zero attached hydrogens (tertiary/aromatic N) is 3. The highest BCUT2D eigenvalue weighted by atomic mass is 19.1. The number of Topliss-reactive ketones (excluding diaryl/α,β-unsaturated/α-hetero) is 1. The smallest absolute Gasteiger partial charge is 0.311 e. The second-order valence-electron chi connectivity index (χ2n) is 11.4. The third-order valence-electron chi connectivity index (χ3n) is 8.22. The molecule has 220 valence electrons. The third kappa shape index (κ3) is 5.98. The zero-order chi connectivity index (χ0) is 30.1. The Morgan fingerprint density at radius 3 is 2.39 bits per heavy atom. The Balaban J connectivity index is 1.66. The zero-order valence-electron chi connectivity index (χ0n) is 23.6. The van der Waals surface area contributed by atoms with Gasteiger partial charge in [-0.1, -0.05) is 12.1 Å². The molecule has 1 saturated carbocycles. The van der Waals surface area contributed by atoms with Crippen LogP contribution in [-0.4, -0.2) is 89.7 Å². The Morgan fingerprint density at radius 2 is 1.78 bits per heavy atom. The first-order chi connectivity index (χ1) is 19.3. The van der Waals surface area contributed by atoms with Crippen LogP contribution in [-0.2, 0) is 35.3 Å². The van der Waals surface area contributed by atoms with E-state index in [1.807, 2.05) is 0 Å². The fourth-order valence-corrected chi connectivity index (χ4v) is 5.82. The Labute approximate surface area is 237 Å². The minimum Gasteiger partial charge on any atom is -0.356 e. The molecule has 12 nitrogen and oxygen atoms in total. The van der Waals surface area contributed by atoms with Gasteiger partial charge in [-0.25, -0.2) is 9.38 Å². The predicted molar refractivity (Wildman–Crippen MR) is 145 cm³/mol. The number of aliphatic imine (C=N–C) groups is 1. The Kier molecular flexibility index (Phi) is 8.27. The number of carbonyl (C=O) groups is 6. The van der Waals surface area contributed by atoms with Crippen LogP contribution in [0, 0.1) is 18.2 Å². The molecule has 1 aromatic carbocycles. The van der Waals surface area contributed by atoms with Crippen LogP contribution >= 0.6 is 0 Å². The van der Waals surface area contributed by atoms with Gasteiger partial charge in [0.15, 0.2) is 6.04 Å². The van der Waals surface area contributed by atoms with Crippen LogP contribution in [0.2, 0.25) is 0 Å². The number of fused-ring (bicyclic) bond motifs is 2.